The zero-order valence-corrected chi connectivity index (χ0v) is 11.6. The van der Waals surface area contributed by atoms with Crippen molar-refractivity contribution in [3.8, 4) is 11.5 Å². The van der Waals surface area contributed by atoms with E-state index in [1.54, 1.807) is 18.6 Å². The Bertz CT molecular complexity index is 527. The first-order valence-electron chi connectivity index (χ1n) is 6.55. The summed E-state index contributed by atoms with van der Waals surface area (Å²) < 4.78 is 0. The van der Waals surface area contributed by atoms with Crippen LogP contribution in [0, 0.1) is 6.92 Å². The fraction of sp³-hybridized carbons (Fsp3) is 0.429. The molecule has 5 nitrogen and oxygen atoms in total. The third-order valence-corrected chi connectivity index (χ3v) is 2.98. The van der Waals surface area contributed by atoms with Crippen LogP contribution in [0.3, 0.4) is 0 Å². The van der Waals surface area contributed by atoms with Crippen molar-refractivity contribution >= 4 is 0 Å². The lowest BCUT2D eigenvalue weighted by atomic mass is 10.1. The highest BCUT2D eigenvalue weighted by Gasteiger charge is 2.11. The Kier molecular flexibility index (Phi) is 4.52. The molecule has 1 atom stereocenters. The standard InChI is InChI=1S/C14H19N5/c1-4-5-16-10(2)12-8-18-14(19-11(12)3)13-9-15-6-7-17-13/h6-10,16H,4-5H2,1-3H3. The number of nitrogens with zero attached hydrogens (tertiary/aromatic N) is 4. The van der Waals surface area contributed by atoms with E-state index >= 15 is 0 Å². The van der Waals surface area contributed by atoms with Crippen molar-refractivity contribution in [2.75, 3.05) is 6.54 Å². The molecular formula is C14H19N5. The molecule has 0 bridgehead atoms. The van der Waals surface area contributed by atoms with Crippen molar-refractivity contribution in [3.63, 3.8) is 0 Å². The first kappa shape index (κ1) is 13.5. The predicted molar refractivity (Wildman–Crippen MR) is 74.5 cm³/mol. The third kappa shape index (κ3) is 3.32. The maximum atomic E-state index is 4.52. The molecule has 0 radical (unpaired) electrons. The summed E-state index contributed by atoms with van der Waals surface area (Å²) in [4.78, 5) is 17.1. The fourth-order valence-electron chi connectivity index (χ4n) is 1.91. The molecule has 100 valence electrons. The first-order chi connectivity index (χ1) is 9.22. The van der Waals surface area contributed by atoms with Crippen molar-refractivity contribution in [1.82, 2.24) is 25.3 Å². The van der Waals surface area contributed by atoms with E-state index < -0.39 is 0 Å². The van der Waals surface area contributed by atoms with Crippen molar-refractivity contribution in [1.29, 1.82) is 0 Å². The van der Waals surface area contributed by atoms with Gasteiger partial charge in [0.2, 0.25) is 0 Å². The van der Waals surface area contributed by atoms with Crippen molar-refractivity contribution < 1.29 is 0 Å². The number of nitrogens with one attached hydrogen (secondary N) is 1. The lowest BCUT2D eigenvalue weighted by molar-refractivity contribution is 0.564. The van der Waals surface area contributed by atoms with Gasteiger partial charge in [-0.3, -0.25) is 4.98 Å². The zero-order chi connectivity index (χ0) is 13.7. The number of aromatic nitrogens is 4. The van der Waals surface area contributed by atoms with Crippen LogP contribution in [0.15, 0.2) is 24.8 Å². The van der Waals surface area contributed by atoms with Gasteiger partial charge in [-0.15, -0.1) is 0 Å². The van der Waals surface area contributed by atoms with E-state index in [0.717, 1.165) is 24.2 Å². The topological polar surface area (TPSA) is 63.6 Å². The average Bonchev–Trinajstić information content (AvgIpc) is 2.45. The van der Waals surface area contributed by atoms with Gasteiger partial charge in [0.1, 0.15) is 5.69 Å². The molecule has 5 heteroatoms. The molecule has 0 amide bonds. The second kappa shape index (κ2) is 6.33. The molecule has 1 N–H and O–H groups in total. The third-order valence-electron chi connectivity index (χ3n) is 2.98. The van der Waals surface area contributed by atoms with Gasteiger partial charge in [-0.25, -0.2) is 15.0 Å². The van der Waals surface area contributed by atoms with Gasteiger partial charge in [-0.2, -0.15) is 0 Å². The minimum Gasteiger partial charge on any atom is -0.310 e. The summed E-state index contributed by atoms with van der Waals surface area (Å²) in [6.07, 6.45) is 7.95. The molecule has 2 aromatic heterocycles. The number of hydrogen-bond donors (Lipinski definition) is 1. The second-order valence-electron chi connectivity index (χ2n) is 4.50. The minimum atomic E-state index is 0.260. The molecule has 0 saturated heterocycles. The van der Waals surface area contributed by atoms with Crippen LogP contribution in [-0.2, 0) is 0 Å². The summed E-state index contributed by atoms with van der Waals surface area (Å²) in [5.74, 6) is 0.622. The molecule has 19 heavy (non-hydrogen) atoms. The van der Waals surface area contributed by atoms with Crippen molar-refractivity contribution in [2.45, 2.75) is 33.2 Å². The number of rotatable bonds is 5. The fourth-order valence-corrected chi connectivity index (χ4v) is 1.91. The summed E-state index contributed by atoms with van der Waals surface area (Å²) in [6.45, 7) is 7.27. The van der Waals surface area contributed by atoms with Gasteiger partial charge in [0.15, 0.2) is 5.82 Å². The lowest BCUT2D eigenvalue weighted by Gasteiger charge is -2.15. The summed E-state index contributed by atoms with van der Waals surface area (Å²) >= 11 is 0. The van der Waals surface area contributed by atoms with Crippen LogP contribution in [-0.4, -0.2) is 26.5 Å². The molecule has 0 aliphatic heterocycles. The SMILES string of the molecule is CCCNC(C)c1cnc(-c2cnccn2)nc1C. The van der Waals surface area contributed by atoms with E-state index in [1.807, 2.05) is 13.1 Å². The largest absolute Gasteiger partial charge is 0.310 e. The van der Waals surface area contributed by atoms with Crippen molar-refractivity contribution in [2.24, 2.45) is 0 Å². The summed E-state index contributed by atoms with van der Waals surface area (Å²) in [6, 6.07) is 0.260. The molecule has 0 aromatic carbocycles. The summed E-state index contributed by atoms with van der Waals surface area (Å²) in [5.41, 5.74) is 2.80. The van der Waals surface area contributed by atoms with Crippen LogP contribution < -0.4 is 5.32 Å². The Hall–Kier alpha value is -1.88. The minimum absolute atomic E-state index is 0.260. The van der Waals surface area contributed by atoms with Gasteiger partial charge in [0, 0.05) is 35.9 Å². The average molecular weight is 257 g/mol. The molecule has 0 aliphatic carbocycles. The van der Waals surface area contributed by atoms with Crippen LogP contribution in [0.5, 0.6) is 0 Å². The van der Waals surface area contributed by atoms with E-state index in [4.69, 9.17) is 0 Å². The van der Waals surface area contributed by atoms with E-state index in [1.165, 1.54) is 0 Å². The summed E-state index contributed by atoms with van der Waals surface area (Å²) in [5, 5.41) is 3.44. The maximum absolute atomic E-state index is 4.52. The van der Waals surface area contributed by atoms with Crippen LogP contribution >= 0.6 is 0 Å². The monoisotopic (exact) mass is 257 g/mol. The molecule has 0 aliphatic rings. The van der Waals surface area contributed by atoms with Gasteiger partial charge in [-0.1, -0.05) is 6.92 Å². The van der Waals surface area contributed by atoms with Crippen LogP contribution in [0.4, 0.5) is 0 Å². The predicted octanol–water partition coefficient (Wildman–Crippen LogP) is 2.30. The van der Waals surface area contributed by atoms with Crippen LogP contribution in [0.25, 0.3) is 11.5 Å². The van der Waals surface area contributed by atoms with Gasteiger partial charge < -0.3 is 5.32 Å². The smallest absolute Gasteiger partial charge is 0.179 e. The van der Waals surface area contributed by atoms with E-state index in [-0.39, 0.29) is 6.04 Å². The Balaban J connectivity index is 2.22. The van der Waals surface area contributed by atoms with Crippen molar-refractivity contribution in [3.05, 3.63) is 36.0 Å². The maximum Gasteiger partial charge on any atom is 0.179 e. The van der Waals surface area contributed by atoms with Gasteiger partial charge in [0.25, 0.3) is 0 Å². The molecule has 0 saturated carbocycles. The molecule has 0 spiro atoms. The second-order valence-corrected chi connectivity index (χ2v) is 4.50. The van der Waals surface area contributed by atoms with Gasteiger partial charge in [-0.05, 0) is 26.8 Å². The Labute approximate surface area is 113 Å². The zero-order valence-electron chi connectivity index (χ0n) is 11.6. The van der Waals surface area contributed by atoms with E-state index in [2.05, 4.69) is 39.1 Å². The van der Waals surface area contributed by atoms with E-state index in [0.29, 0.717) is 11.5 Å². The molecule has 2 rings (SSSR count). The van der Waals surface area contributed by atoms with Gasteiger partial charge in [0.05, 0.1) is 6.20 Å². The molecule has 0 fully saturated rings. The number of aryl methyl sites for hydroxylation is 1. The molecule has 2 aromatic rings. The molecular weight excluding hydrogens is 238 g/mol. The van der Waals surface area contributed by atoms with Crippen LogP contribution in [0.2, 0.25) is 0 Å². The normalized spacial score (nSPS) is 12.4. The molecule has 1 unspecified atom stereocenters. The number of hydrogen-bond acceptors (Lipinski definition) is 5. The molecule has 2 heterocycles. The highest BCUT2D eigenvalue weighted by atomic mass is 15.0. The lowest BCUT2D eigenvalue weighted by Crippen LogP contribution is -2.20. The highest BCUT2D eigenvalue weighted by Crippen LogP contribution is 2.17. The Morgan fingerprint density at radius 2 is 2.05 bits per heavy atom. The Morgan fingerprint density at radius 3 is 2.68 bits per heavy atom. The quantitative estimate of drug-likeness (QED) is 0.890. The van der Waals surface area contributed by atoms with Crippen LogP contribution in [0.1, 0.15) is 37.6 Å². The highest BCUT2D eigenvalue weighted by molar-refractivity contribution is 5.47. The van der Waals surface area contributed by atoms with Gasteiger partial charge >= 0.3 is 0 Å². The first-order valence-corrected chi connectivity index (χ1v) is 6.55. The van der Waals surface area contributed by atoms with E-state index in [9.17, 15) is 0 Å². The summed E-state index contributed by atoms with van der Waals surface area (Å²) in [7, 11) is 0. The Morgan fingerprint density at radius 1 is 1.21 bits per heavy atom.